The predicted octanol–water partition coefficient (Wildman–Crippen LogP) is 3.13. The molecule has 1 unspecified atom stereocenters. The minimum atomic E-state index is 0.118. The molecule has 5 heteroatoms. The van der Waals surface area contributed by atoms with Crippen LogP contribution >= 0.6 is 11.8 Å². The van der Waals surface area contributed by atoms with Crippen molar-refractivity contribution in [2.24, 2.45) is 5.92 Å². The number of likely N-dealkylation sites (tertiary alicyclic amines) is 1. The van der Waals surface area contributed by atoms with Gasteiger partial charge in [0.2, 0.25) is 0 Å². The van der Waals surface area contributed by atoms with Gasteiger partial charge < -0.3 is 15.0 Å². The number of carbonyl (C=O) groups excluding carboxylic acids is 1. The number of benzene rings is 1. The zero-order valence-corrected chi connectivity index (χ0v) is 14.4. The molecule has 2 amide bonds. The van der Waals surface area contributed by atoms with Crippen LogP contribution in [0.15, 0.2) is 30.3 Å². The van der Waals surface area contributed by atoms with Crippen molar-refractivity contribution in [3.8, 4) is 0 Å². The minimum Gasteiger partial charge on any atom is -0.376 e. The summed E-state index contributed by atoms with van der Waals surface area (Å²) in [6, 6.07) is 10.7. The summed E-state index contributed by atoms with van der Waals surface area (Å²) in [5, 5.41) is 3.20. The first kappa shape index (κ1) is 16.7. The molecule has 2 aliphatic heterocycles. The molecule has 4 nitrogen and oxygen atoms in total. The molecule has 0 saturated carbocycles. The Morgan fingerprint density at radius 1 is 1.22 bits per heavy atom. The molecule has 2 fully saturated rings. The zero-order chi connectivity index (χ0) is 15.9. The van der Waals surface area contributed by atoms with Crippen molar-refractivity contribution in [3.05, 3.63) is 35.9 Å². The fraction of sp³-hybridized carbons (Fsp3) is 0.611. The monoisotopic (exact) mass is 334 g/mol. The van der Waals surface area contributed by atoms with Crippen LogP contribution in [0.25, 0.3) is 0 Å². The summed E-state index contributed by atoms with van der Waals surface area (Å²) in [7, 11) is 0. The van der Waals surface area contributed by atoms with Crippen LogP contribution in [0.4, 0.5) is 4.79 Å². The lowest BCUT2D eigenvalue weighted by atomic mass is 10.1. The van der Waals surface area contributed by atoms with Gasteiger partial charge in [-0.2, -0.15) is 11.8 Å². The van der Waals surface area contributed by atoms with Gasteiger partial charge in [0.25, 0.3) is 0 Å². The summed E-state index contributed by atoms with van der Waals surface area (Å²) in [5.74, 6) is 2.80. The molecule has 3 rings (SSSR count). The number of thioether (sulfide) groups is 1. The molecule has 1 atom stereocenters. The molecule has 2 aliphatic rings. The third-order valence-electron chi connectivity index (χ3n) is 4.59. The van der Waals surface area contributed by atoms with Gasteiger partial charge >= 0.3 is 6.03 Å². The second-order valence-electron chi connectivity index (χ2n) is 6.44. The van der Waals surface area contributed by atoms with E-state index in [1.807, 2.05) is 34.9 Å². The molecule has 2 heterocycles. The number of rotatable bonds is 5. The first-order valence-electron chi connectivity index (χ1n) is 8.56. The highest BCUT2D eigenvalue weighted by Gasteiger charge is 2.27. The summed E-state index contributed by atoms with van der Waals surface area (Å²) in [6.07, 6.45) is 3.25. The molecular formula is C18H26N2O2S. The molecule has 1 aromatic carbocycles. The lowest BCUT2D eigenvalue weighted by Crippen LogP contribution is -2.45. The average Bonchev–Trinajstić information content (AvgIpc) is 3.06. The second-order valence-corrected chi connectivity index (χ2v) is 7.66. The number of hydrogen-bond donors (Lipinski definition) is 1. The van der Waals surface area contributed by atoms with Gasteiger partial charge in [0.1, 0.15) is 0 Å². The number of hydrogen-bond acceptors (Lipinski definition) is 3. The molecule has 23 heavy (non-hydrogen) atoms. The quantitative estimate of drug-likeness (QED) is 0.899. The predicted molar refractivity (Wildman–Crippen MR) is 94.7 cm³/mol. The Hall–Kier alpha value is -1.20. The van der Waals surface area contributed by atoms with Crippen molar-refractivity contribution in [2.45, 2.75) is 31.9 Å². The van der Waals surface area contributed by atoms with E-state index in [4.69, 9.17) is 4.74 Å². The van der Waals surface area contributed by atoms with Crippen LogP contribution in [0.2, 0.25) is 0 Å². The summed E-state index contributed by atoms with van der Waals surface area (Å²) in [5.41, 5.74) is 1.20. The van der Waals surface area contributed by atoms with Crippen LogP contribution in [0, 0.1) is 5.92 Å². The van der Waals surface area contributed by atoms with E-state index in [2.05, 4.69) is 17.4 Å². The third-order valence-corrected chi connectivity index (χ3v) is 5.64. The molecule has 0 radical (unpaired) electrons. The maximum Gasteiger partial charge on any atom is 0.317 e. The minimum absolute atomic E-state index is 0.118. The summed E-state index contributed by atoms with van der Waals surface area (Å²) in [6.45, 7) is 3.07. The number of amides is 2. The smallest absolute Gasteiger partial charge is 0.317 e. The Morgan fingerprint density at radius 2 is 2.00 bits per heavy atom. The topological polar surface area (TPSA) is 41.6 Å². The normalized spacial score (nSPS) is 22.3. The Balaban J connectivity index is 1.35. The van der Waals surface area contributed by atoms with Crippen molar-refractivity contribution in [2.75, 3.05) is 31.2 Å². The first-order chi connectivity index (χ1) is 11.3. The number of nitrogens with zero attached hydrogens (tertiary/aromatic N) is 1. The fourth-order valence-corrected chi connectivity index (χ4v) is 4.29. The molecule has 126 valence electrons. The van der Waals surface area contributed by atoms with Gasteiger partial charge in [-0.3, -0.25) is 0 Å². The van der Waals surface area contributed by atoms with E-state index in [0.717, 1.165) is 39.0 Å². The fourth-order valence-electron chi connectivity index (χ4n) is 3.18. The van der Waals surface area contributed by atoms with Crippen LogP contribution in [0.5, 0.6) is 0 Å². The van der Waals surface area contributed by atoms with Crippen molar-refractivity contribution >= 4 is 17.8 Å². The van der Waals surface area contributed by atoms with E-state index in [-0.39, 0.29) is 6.03 Å². The third kappa shape index (κ3) is 5.15. The Kier molecular flexibility index (Phi) is 6.22. The molecule has 0 aliphatic carbocycles. The molecule has 1 N–H and O–H groups in total. The van der Waals surface area contributed by atoms with Gasteiger partial charge in [-0.15, -0.1) is 0 Å². The highest BCUT2D eigenvalue weighted by atomic mass is 32.2. The number of ether oxygens (including phenoxy) is 1. The lowest BCUT2D eigenvalue weighted by molar-refractivity contribution is 0.0896. The number of carbonyl (C=O) groups is 1. The van der Waals surface area contributed by atoms with E-state index in [1.165, 1.54) is 17.1 Å². The maximum absolute atomic E-state index is 12.3. The Morgan fingerprint density at radius 3 is 2.78 bits per heavy atom. The average molecular weight is 334 g/mol. The van der Waals surface area contributed by atoms with Gasteiger partial charge in [-0.25, -0.2) is 4.79 Å². The van der Waals surface area contributed by atoms with E-state index in [1.54, 1.807) is 0 Å². The van der Waals surface area contributed by atoms with E-state index < -0.39 is 0 Å². The van der Waals surface area contributed by atoms with Gasteiger partial charge in [0.05, 0.1) is 13.2 Å². The molecule has 0 aromatic heterocycles. The van der Waals surface area contributed by atoms with Gasteiger partial charge in [0, 0.05) is 25.0 Å². The van der Waals surface area contributed by atoms with E-state index >= 15 is 0 Å². The summed E-state index contributed by atoms with van der Waals surface area (Å²) in [4.78, 5) is 14.3. The van der Waals surface area contributed by atoms with Crippen LogP contribution in [-0.4, -0.2) is 48.2 Å². The number of urea groups is 1. The standard InChI is InChI=1S/C18H26N2O2S/c21-18(19-17-7-10-23-11-8-17)20-9-6-16(12-20)14-22-13-15-4-2-1-3-5-15/h1-5,16-17H,6-14H2,(H,19,21). The van der Waals surface area contributed by atoms with Gasteiger partial charge in [-0.05, 0) is 36.3 Å². The second kappa shape index (κ2) is 8.60. The van der Waals surface area contributed by atoms with E-state index in [9.17, 15) is 4.79 Å². The van der Waals surface area contributed by atoms with Gasteiger partial charge in [-0.1, -0.05) is 30.3 Å². The summed E-state index contributed by atoms with van der Waals surface area (Å²) >= 11 is 1.98. The largest absolute Gasteiger partial charge is 0.376 e. The zero-order valence-electron chi connectivity index (χ0n) is 13.6. The van der Waals surface area contributed by atoms with Crippen molar-refractivity contribution < 1.29 is 9.53 Å². The highest BCUT2D eigenvalue weighted by molar-refractivity contribution is 7.99. The maximum atomic E-state index is 12.3. The van der Waals surface area contributed by atoms with Crippen molar-refractivity contribution in [3.63, 3.8) is 0 Å². The molecule has 0 spiro atoms. The highest BCUT2D eigenvalue weighted by Crippen LogP contribution is 2.20. The summed E-state index contributed by atoms with van der Waals surface area (Å²) < 4.78 is 5.82. The Bertz CT molecular complexity index is 491. The SMILES string of the molecule is O=C(NC1CCSCC1)N1CCC(COCc2ccccc2)C1. The molecule has 1 aromatic rings. The van der Waals surface area contributed by atoms with Crippen LogP contribution in [0.3, 0.4) is 0 Å². The van der Waals surface area contributed by atoms with Crippen molar-refractivity contribution in [1.82, 2.24) is 10.2 Å². The van der Waals surface area contributed by atoms with E-state index in [0.29, 0.717) is 18.6 Å². The molecule has 0 bridgehead atoms. The van der Waals surface area contributed by atoms with Crippen LogP contribution in [0.1, 0.15) is 24.8 Å². The van der Waals surface area contributed by atoms with Crippen LogP contribution < -0.4 is 5.32 Å². The van der Waals surface area contributed by atoms with Crippen molar-refractivity contribution in [1.29, 1.82) is 0 Å². The first-order valence-corrected chi connectivity index (χ1v) is 9.71. The van der Waals surface area contributed by atoms with Gasteiger partial charge in [0.15, 0.2) is 0 Å². The Labute approximate surface area is 143 Å². The van der Waals surface area contributed by atoms with Crippen LogP contribution in [-0.2, 0) is 11.3 Å². The lowest BCUT2D eigenvalue weighted by Gasteiger charge is -2.26. The molecular weight excluding hydrogens is 308 g/mol. The number of nitrogens with one attached hydrogen (secondary N) is 1. The molecule has 2 saturated heterocycles.